The van der Waals surface area contributed by atoms with E-state index in [-0.39, 0.29) is 5.91 Å². The molecule has 4 heteroatoms. The van der Waals surface area contributed by atoms with Gasteiger partial charge in [-0.05, 0) is 26.7 Å². The van der Waals surface area contributed by atoms with Gasteiger partial charge in [0.15, 0.2) is 0 Å². The summed E-state index contributed by atoms with van der Waals surface area (Å²) in [5.74, 6) is 0.0387. The summed E-state index contributed by atoms with van der Waals surface area (Å²) in [5, 5.41) is 5.84. The fraction of sp³-hybridized carbons (Fsp3) is 0.900. The van der Waals surface area contributed by atoms with Crippen molar-refractivity contribution in [1.82, 2.24) is 10.6 Å². The second kappa shape index (κ2) is 5.32. The van der Waals surface area contributed by atoms with E-state index in [1.165, 1.54) is 0 Å². The monoisotopic (exact) mass is 200 g/mol. The Kier molecular flexibility index (Phi) is 4.35. The molecule has 82 valence electrons. The highest BCUT2D eigenvalue weighted by Crippen LogP contribution is 2.18. The van der Waals surface area contributed by atoms with Crippen molar-refractivity contribution in [3.05, 3.63) is 0 Å². The van der Waals surface area contributed by atoms with Gasteiger partial charge in [-0.25, -0.2) is 0 Å². The number of amides is 1. The minimum absolute atomic E-state index is 0.0387. The van der Waals surface area contributed by atoms with Crippen LogP contribution in [-0.2, 0) is 9.53 Å². The molecule has 0 aromatic carbocycles. The third kappa shape index (κ3) is 3.64. The summed E-state index contributed by atoms with van der Waals surface area (Å²) in [6.07, 6.45) is 2.56. The molecule has 1 rings (SSSR count). The second-order valence-corrected chi connectivity index (χ2v) is 3.98. The van der Waals surface area contributed by atoms with Gasteiger partial charge < -0.3 is 15.4 Å². The maximum atomic E-state index is 11.0. The average Bonchev–Trinajstić information content (AvgIpc) is 2.12. The van der Waals surface area contributed by atoms with Crippen LogP contribution in [0.4, 0.5) is 0 Å². The first-order chi connectivity index (χ1) is 6.61. The van der Waals surface area contributed by atoms with Crippen LogP contribution in [0.3, 0.4) is 0 Å². The van der Waals surface area contributed by atoms with E-state index in [1.54, 1.807) is 7.05 Å². The van der Waals surface area contributed by atoms with Gasteiger partial charge in [0.2, 0.25) is 5.91 Å². The van der Waals surface area contributed by atoms with Gasteiger partial charge in [0.1, 0.15) is 0 Å². The predicted octanol–water partition coefficient (Wildman–Crippen LogP) is 0.278. The number of carbonyl (C=O) groups excluding carboxylic acids is 1. The maximum absolute atomic E-state index is 11.0. The van der Waals surface area contributed by atoms with Crippen molar-refractivity contribution in [3.8, 4) is 0 Å². The highest BCUT2D eigenvalue weighted by Gasteiger charge is 2.24. The minimum Gasteiger partial charge on any atom is -0.375 e. The molecule has 1 amide bonds. The third-order valence-electron chi connectivity index (χ3n) is 2.53. The van der Waals surface area contributed by atoms with Crippen LogP contribution in [-0.4, -0.2) is 37.7 Å². The maximum Gasteiger partial charge on any atom is 0.233 e. The lowest BCUT2D eigenvalue weighted by atomic mass is 10.00. The molecule has 0 radical (unpaired) electrons. The molecule has 0 spiro atoms. The topological polar surface area (TPSA) is 50.4 Å². The van der Waals surface area contributed by atoms with E-state index in [9.17, 15) is 4.79 Å². The molecular weight excluding hydrogens is 180 g/mol. The normalized spacial score (nSPS) is 32.6. The zero-order valence-corrected chi connectivity index (χ0v) is 9.17. The van der Waals surface area contributed by atoms with E-state index < -0.39 is 0 Å². The lowest BCUT2D eigenvalue weighted by molar-refractivity contribution is -0.120. The van der Waals surface area contributed by atoms with Gasteiger partial charge in [-0.2, -0.15) is 0 Å². The van der Waals surface area contributed by atoms with Gasteiger partial charge in [-0.15, -0.1) is 0 Å². The van der Waals surface area contributed by atoms with E-state index in [2.05, 4.69) is 24.5 Å². The highest BCUT2D eigenvalue weighted by atomic mass is 16.5. The van der Waals surface area contributed by atoms with Gasteiger partial charge in [-0.1, -0.05) is 0 Å². The van der Waals surface area contributed by atoms with Crippen molar-refractivity contribution in [2.75, 3.05) is 13.6 Å². The molecule has 2 unspecified atom stereocenters. The summed E-state index contributed by atoms with van der Waals surface area (Å²) >= 11 is 0. The van der Waals surface area contributed by atoms with Gasteiger partial charge in [0, 0.05) is 13.1 Å². The van der Waals surface area contributed by atoms with E-state index in [4.69, 9.17) is 4.74 Å². The summed E-state index contributed by atoms with van der Waals surface area (Å²) in [6, 6.07) is 0.408. The smallest absolute Gasteiger partial charge is 0.233 e. The number of nitrogens with one attached hydrogen (secondary N) is 2. The quantitative estimate of drug-likeness (QED) is 0.688. The van der Waals surface area contributed by atoms with Gasteiger partial charge in [-0.3, -0.25) is 4.79 Å². The summed E-state index contributed by atoms with van der Waals surface area (Å²) in [7, 11) is 1.65. The average molecular weight is 200 g/mol. The molecule has 1 aliphatic rings. The number of hydrogen-bond donors (Lipinski definition) is 2. The molecular formula is C10H20N2O2. The lowest BCUT2D eigenvalue weighted by Gasteiger charge is -2.32. The van der Waals surface area contributed by atoms with E-state index in [0.29, 0.717) is 24.8 Å². The molecule has 0 aromatic rings. The molecule has 14 heavy (non-hydrogen) atoms. The Morgan fingerprint density at radius 1 is 1.36 bits per heavy atom. The van der Waals surface area contributed by atoms with Crippen LogP contribution in [0.2, 0.25) is 0 Å². The van der Waals surface area contributed by atoms with Crippen LogP contribution in [0.25, 0.3) is 0 Å². The van der Waals surface area contributed by atoms with Crippen LogP contribution in [0, 0.1) is 0 Å². The Bertz CT molecular complexity index is 187. The molecule has 1 saturated heterocycles. The van der Waals surface area contributed by atoms with Crippen LogP contribution in [0.5, 0.6) is 0 Å². The van der Waals surface area contributed by atoms with Crippen molar-refractivity contribution >= 4 is 5.91 Å². The molecule has 1 fully saturated rings. The molecule has 0 aromatic heterocycles. The fourth-order valence-corrected chi connectivity index (χ4v) is 1.90. The van der Waals surface area contributed by atoms with E-state index in [0.717, 1.165) is 12.8 Å². The van der Waals surface area contributed by atoms with E-state index in [1.807, 2.05) is 0 Å². The zero-order valence-electron chi connectivity index (χ0n) is 9.17. The minimum atomic E-state index is 0.0387. The van der Waals surface area contributed by atoms with Crippen molar-refractivity contribution in [3.63, 3.8) is 0 Å². The van der Waals surface area contributed by atoms with Crippen molar-refractivity contribution in [2.24, 2.45) is 0 Å². The SMILES string of the molecule is CNC(=O)CNC1CC(C)OC(C)C1. The second-order valence-electron chi connectivity index (χ2n) is 3.98. The van der Waals surface area contributed by atoms with Crippen molar-refractivity contribution in [2.45, 2.75) is 44.9 Å². The predicted molar refractivity (Wildman–Crippen MR) is 55.1 cm³/mol. The molecule has 1 heterocycles. The zero-order chi connectivity index (χ0) is 10.6. The van der Waals surface area contributed by atoms with E-state index >= 15 is 0 Å². The standard InChI is InChI=1S/C10H20N2O2/c1-7-4-9(5-8(2)14-7)12-6-10(13)11-3/h7-9,12H,4-6H2,1-3H3,(H,11,13). The van der Waals surface area contributed by atoms with Gasteiger partial charge in [0.05, 0.1) is 18.8 Å². The summed E-state index contributed by atoms with van der Waals surface area (Å²) in [5.41, 5.74) is 0. The first-order valence-corrected chi connectivity index (χ1v) is 5.21. The highest BCUT2D eigenvalue weighted by molar-refractivity contribution is 5.77. The fourth-order valence-electron chi connectivity index (χ4n) is 1.90. The summed E-state index contributed by atoms with van der Waals surface area (Å²) in [4.78, 5) is 11.0. The molecule has 2 atom stereocenters. The Morgan fingerprint density at radius 2 is 1.93 bits per heavy atom. The van der Waals surface area contributed by atoms with Crippen LogP contribution >= 0.6 is 0 Å². The first kappa shape index (κ1) is 11.5. The number of carbonyl (C=O) groups is 1. The van der Waals surface area contributed by atoms with Crippen molar-refractivity contribution < 1.29 is 9.53 Å². The van der Waals surface area contributed by atoms with Gasteiger partial charge in [0.25, 0.3) is 0 Å². The molecule has 0 saturated carbocycles. The third-order valence-corrected chi connectivity index (χ3v) is 2.53. The molecule has 0 aliphatic carbocycles. The Morgan fingerprint density at radius 3 is 2.43 bits per heavy atom. The number of likely N-dealkylation sites (N-methyl/N-ethyl adjacent to an activating group) is 1. The van der Waals surface area contributed by atoms with Crippen molar-refractivity contribution in [1.29, 1.82) is 0 Å². The summed E-state index contributed by atoms with van der Waals surface area (Å²) < 4.78 is 5.61. The molecule has 2 N–H and O–H groups in total. The Balaban J connectivity index is 2.26. The summed E-state index contributed by atoms with van der Waals surface area (Å²) in [6.45, 7) is 4.55. The Hall–Kier alpha value is -0.610. The largest absolute Gasteiger partial charge is 0.375 e. The molecule has 4 nitrogen and oxygen atoms in total. The van der Waals surface area contributed by atoms with Crippen LogP contribution in [0.15, 0.2) is 0 Å². The van der Waals surface area contributed by atoms with Crippen LogP contribution in [0.1, 0.15) is 26.7 Å². The number of rotatable bonds is 3. The number of hydrogen-bond acceptors (Lipinski definition) is 3. The Labute approximate surface area is 85.4 Å². The molecule has 0 bridgehead atoms. The number of ether oxygens (including phenoxy) is 1. The van der Waals surface area contributed by atoms with Crippen LogP contribution < -0.4 is 10.6 Å². The van der Waals surface area contributed by atoms with Gasteiger partial charge >= 0.3 is 0 Å². The lowest BCUT2D eigenvalue weighted by Crippen LogP contribution is -2.44. The first-order valence-electron chi connectivity index (χ1n) is 5.21. The molecule has 1 aliphatic heterocycles.